The molecule has 0 radical (unpaired) electrons. The van der Waals surface area contributed by atoms with Crippen molar-refractivity contribution in [1.82, 2.24) is 0 Å². The summed E-state index contributed by atoms with van der Waals surface area (Å²) in [6.45, 7) is 3.16. The summed E-state index contributed by atoms with van der Waals surface area (Å²) in [7, 11) is 1.68. The second kappa shape index (κ2) is 7.39. The molecule has 0 saturated heterocycles. The van der Waals surface area contributed by atoms with Gasteiger partial charge in [-0.25, -0.2) is 0 Å². The molecule has 1 unspecified atom stereocenters. The predicted octanol–water partition coefficient (Wildman–Crippen LogP) is 3.75. The fraction of sp³-hybridized carbons (Fsp3) is 0.350. The Hall–Kier alpha value is -2.49. The van der Waals surface area contributed by atoms with Crippen LogP contribution in [0.4, 0.5) is 5.69 Å². The molecule has 1 atom stereocenters. The van der Waals surface area contributed by atoms with Crippen molar-refractivity contribution >= 4 is 11.7 Å². The van der Waals surface area contributed by atoms with E-state index in [0.29, 0.717) is 13.0 Å². The summed E-state index contributed by atoms with van der Waals surface area (Å²) in [6, 6.07) is 14.3. The van der Waals surface area contributed by atoms with Gasteiger partial charge < -0.3 is 14.8 Å². The fourth-order valence-corrected chi connectivity index (χ4v) is 3.27. The summed E-state index contributed by atoms with van der Waals surface area (Å²) in [6.07, 6.45) is 1.30. The number of hydrogen-bond donors (Lipinski definition) is 1. The van der Waals surface area contributed by atoms with E-state index in [1.807, 2.05) is 37.3 Å². The Bertz CT molecular complexity index is 712. The van der Waals surface area contributed by atoms with Crippen LogP contribution < -0.4 is 10.1 Å². The number of carbonyl (C=O) groups excluding carboxylic acids is 1. The van der Waals surface area contributed by atoms with Crippen LogP contribution in [-0.4, -0.2) is 26.2 Å². The van der Waals surface area contributed by atoms with Gasteiger partial charge in [0.2, 0.25) is 0 Å². The SMILES string of the molecule is CCOC(=O)CC(c1ccccc1)c1cc2c(cc1OC)CCN2. The van der Waals surface area contributed by atoms with Gasteiger partial charge in [0.05, 0.1) is 20.1 Å². The first-order chi connectivity index (χ1) is 11.7. The minimum absolute atomic E-state index is 0.0899. The smallest absolute Gasteiger partial charge is 0.306 e. The van der Waals surface area contributed by atoms with E-state index in [1.54, 1.807) is 7.11 Å². The number of benzene rings is 2. The monoisotopic (exact) mass is 325 g/mol. The third-order valence-electron chi connectivity index (χ3n) is 4.42. The summed E-state index contributed by atoms with van der Waals surface area (Å²) in [4.78, 5) is 12.2. The molecular formula is C20H23NO3. The van der Waals surface area contributed by atoms with E-state index in [0.717, 1.165) is 35.5 Å². The zero-order valence-electron chi connectivity index (χ0n) is 14.2. The molecule has 4 heteroatoms. The zero-order valence-corrected chi connectivity index (χ0v) is 14.2. The molecule has 0 spiro atoms. The largest absolute Gasteiger partial charge is 0.496 e. The number of esters is 1. The lowest BCUT2D eigenvalue weighted by molar-refractivity contribution is -0.143. The molecule has 4 nitrogen and oxygen atoms in total. The van der Waals surface area contributed by atoms with Crippen LogP contribution in [0.1, 0.15) is 36.0 Å². The molecule has 0 bridgehead atoms. The first-order valence-electron chi connectivity index (χ1n) is 8.38. The van der Waals surface area contributed by atoms with E-state index in [2.05, 4.69) is 17.4 Å². The van der Waals surface area contributed by atoms with Gasteiger partial charge >= 0.3 is 5.97 Å². The average Bonchev–Trinajstić information content (AvgIpc) is 3.07. The van der Waals surface area contributed by atoms with Crippen molar-refractivity contribution in [3.8, 4) is 5.75 Å². The molecular weight excluding hydrogens is 302 g/mol. The van der Waals surface area contributed by atoms with Crippen LogP contribution in [0.3, 0.4) is 0 Å². The van der Waals surface area contributed by atoms with Crippen LogP contribution in [0.25, 0.3) is 0 Å². The van der Waals surface area contributed by atoms with Crippen molar-refractivity contribution in [1.29, 1.82) is 0 Å². The minimum atomic E-state index is -0.193. The molecule has 1 N–H and O–H groups in total. The topological polar surface area (TPSA) is 47.6 Å². The van der Waals surface area contributed by atoms with E-state index in [4.69, 9.17) is 9.47 Å². The third kappa shape index (κ3) is 3.37. The van der Waals surface area contributed by atoms with Crippen molar-refractivity contribution < 1.29 is 14.3 Å². The first kappa shape index (κ1) is 16.4. The Labute approximate surface area is 142 Å². The van der Waals surface area contributed by atoms with Gasteiger partial charge in [-0.2, -0.15) is 0 Å². The number of rotatable bonds is 6. The lowest BCUT2D eigenvalue weighted by Gasteiger charge is -2.21. The van der Waals surface area contributed by atoms with E-state index in [9.17, 15) is 4.79 Å². The standard InChI is InChI=1S/C20H23NO3/c1-3-24-20(22)13-16(14-7-5-4-6-8-14)17-12-18-15(9-10-21-18)11-19(17)23-2/h4-8,11-12,16,21H,3,9-10,13H2,1-2H3. The molecule has 0 amide bonds. The van der Waals surface area contributed by atoms with Crippen LogP contribution >= 0.6 is 0 Å². The van der Waals surface area contributed by atoms with Gasteiger partial charge in [0.15, 0.2) is 0 Å². The highest BCUT2D eigenvalue weighted by Crippen LogP contribution is 2.39. The molecule has 24 heavy (non-hydrogen) atoms. The summed E-state index contributed by atoms with van der Waals surface area (Å²) in [5, 5.41) is 3.40. The Morgan fingerprint density at radius 1 is 1.25 bits per heavy atom. The van der Waals surface area contributed by atoms with Crippen LogP contribution in [0.15, 0.2) is 42.5 Å². The second-order valence-corrected chi connectivity index (χ2v) is 5.90. The lowest BCUT2D eigenvalue weighted by Crippen LogP contribution is -2.13. The van der Waals surface area contributed by atoms with Gasteiger partial charge in [-0.3, -0.25) is 4.79 Å². The van der Waals surface area contributed by atoms with E-state index >= 15 is 0 Å². The quantitative estimate of drug-likeness (QED) is 0.822. The molecule has 0 fully saturated rings. The van der Waals surface area contributed by atoms with Gasteiger partial charge in [0.25, 0.3) is 0 Å². The van der Waals surface area contributed by atoms with Gasteiger partial charge in [-0.05, 0) is 36.6 Å². The van der Waals surface area contributed by atoms with E-state index in [1.165, 1.54) is 5.56 Å². The lowest BCUT2D eigenvalue weighted by atomic mass is 9.87. The Balaban J connectivity index is 2.03. The number of methoxy groups -OCH3 is 1. The molecule has 0 saturated carbocycles. The maximum atomic E-state index is 12.2. The van der Waals surface area contributed by atoms with Crippen LogP contribution in [0, 0.1) is 0 Å². The van der Waals surface area contributed by atoms with Gasteiger partial charge in [-0.1, -0.05) is 30.3 Å². The maximum absolute atomic E-state index is 12.2. The molecule has 1 aliphatic heterocycles. The fourth-order valence-electron chi connectivity index (χ4n) is 3.27. The third-order valence-corrected chi connectivity index (χ3v) is 4.42. The molecule has 0 aliphatic carbocycles. The van der Waals surface area contributed by atoms with Crippen LogP contribution in [0.2, 0.25) is 0 Å². The van der Waals surface area contributed by atoms with Gasteiger partial charge in [0.1, 0.15) is 5.75 Å². The number of hydrogen-bond acceptors (Lipinski definition) is 4. The summed E-state index contributed by atoms with van der Waals surface area (Å²) < 4.78 is 10.8. The van der Waals surface area contributed by atoms with Crippen molar-refractivity contribution in [2.75, 3.05) is 25.6 Å². The molecule has 2 aromatic carbocycles. The summed E-state index contributed by atoms with van der Waals surface area (Å²) in [5.74, 6) is 0.547. The molecule has 3 rings (SSSR count). The molecule has 2 aromatic rings. The second-order valence-electron chi connectivity index (χ2n) is 5.90. The molecule has 0 aromatic heterocycles. The normalized spacial score (nSPS) is 13.8. The number of anilines is 1. The number of ether oxygens (including phenoxy) is 2. The maximum Gasteiger partial charge on any atom is 0.306 e. The molecule has 1 heterocycles. The minimum Gasteiger partial charge on any atom is -0.496 e. The highest BCUT2D eigenvalue weighted by molar-refractivity contribution is 5.72. The van der Waals surface area contributed by atoms with Crippen LogP contribution in [-0.2, 0) is 16.0 Å². The summed E-state index contributed by atoms with van der Waals surface area (Å²) >= 11 is 0. The number of nitrogens with one attached hydrogen (secondary N) is 1. The Morgan fingerprint density at radius 3 is 2.75 bits per heavy atom. The van der Waals surface area contributed by atoms with Crippen molar-refractivity contribution in [2.24, 2.45) is 0 Å². The van der Waals surface area contributed by atoms with E-state index < -0.39 is 0 Å². The summed E-state index contributed by atoms with van der Waals surface area (Å²) in [5.41, 5.74) is 4.50. The number of carbonyl (C=O) groups is 1. The van der Waals surface area contributed by atoms with Gasteiger partial charge in [-0.15, -0.1) is 0 Å². The van der Waals surface area contributed by atoms with Crippen molar-refractivity contribution in [2.45, 2.75) is 25.7 Å². The van der Waals surface area contributed by atoms with Crippen molar-refractivity contribution in [3.05, 3.63) is 59.2 Å². The first-order valence-corrected chi connectivity index (χ1v) is 8.38. The molecule has 1 aliphatic rings. The predicted molar refractivity (Wildman–Crippen MR) is 94.7 cm³/mol. The van der Waals surface area contributed by atoms with Crippen LogP contribution in [0.5, 0.6) is 5.75 Å². The highest BCUT2D eigenvalue weighted by atomic mass is 16.5. The van der Waals surface area contributed by atoms with Gasteiger partial charge in [0, 0.05) is 23.7 Å². The number of fused-ring (bicyclic) bond motifs is 1. The average molecular weight is 325 g/mol. The Kier molecular flexibility index (Phi) is 5.04. The molecule has 126 valence electrons. The van der Waals surface area contributed by atoms with E-state index in [-0.39, 0.29) is 11.9 Å². The highest BCUT2D eigenvalue weighted by Gasteiger charge is 2.25. The Morgan fingerprint density at radius 2 is 2.04 bits per heavy atom. The zero-order chi connectivity index (χ0) is 16.9. The van der Waals surface area contributed by atoms with Crippen molar-refractivity contribution in [3.63, 3.8) is 0 Å².